The second-order valence-electron chi connectivity index (χ2n) is 4.68. The third-order valence-electron chi connectivity index (χ3n) is 3.13. The molecule has 2 N–H and O–H groups in total. The molecular weight excluding hydrogens is 268 g/mol. The van der Waals surface area contributed by atoms with Crippen LogP contribution in [0.3, 0.4) is 0 Å². The van der Waals surface area contributed by atoms with E-state index in [1.807, 2.05) is 6.92 Å². The van der Waals surface area contributed by atoms with Crippen LogP contribution in [0.15, 0.2) is 12.3 Å². The summed E-state index contributed by atoms with van der Waals surface area (Å²) in [5, 5.41) is 12.2. The first-order chi connectivity index (χ1) is 8.84. The lowest BCUT2D eigenvalue weighted by molar-refractivity contribution is -0.143. The number of aliphatic carboxylic acids is 1. The van der Waals surface area contributed by atoms with E-state index in [4.69, 9.17) is 16.7 Å². The number of carboxylic acids is 1. The van der Waals surface area contributed by atoms with Crippen molar-refractivity contribution in [2.75, 3.05) is 0 Å². The van der Waals surface area contributed by atoms with E-state index in [1.54, 1.807) is 23.8 Å². The molecule has 106 valence electrons. The van der Waals surface area contributed by atoms with Crippen LogP contribution in [-0.4, -0.2) is 27.1 Å². The van der Waals surface area contributed by atoms with E-state index in [9.17, 15) is 9.59 Å². The number of carboxylic acid groups (broad SMARTS) is 1. The van der Waals surface area contributed by atoms with Gasteiger partial charge in [-0.2, -0.15) is 0 Å². The van der Waals surface area contributed by atoms with Crippen molar-refractivity contribution in [3.63, 3.8) is 0 Å². The molecule has 0 fully saturated rings. The van der Waals surface area contributed by atoms with Crippen LogP contribution in [0.25, 0.3) is 0 Å². The number of hydrogen-bond acceptors (Lipinski definition) is 2. The highest BCUT2D eigenvalue weighted by atomic mass is 35.5. The summed E-state index contributed by atoms with van der Waals surface area (Å²) in [4.78, 5) is 23.4. The van der Waals surface area contributed by atoms with Gasteiger partial charge in [0.2, 0.25) is 0 Å². The van der Waals surface area contributed by atoms with Gasteiger partial charge in [0.25, 0.3) is 5.91 Å². The van der Waals surface area contributed by atoms with Crippen molar-refractivity contribution >= 4 is 23.5 Å². The van der Waals surface area contributed by atoms with E-state index < -0.39 is 17.4 Å². The monoisotopic (exact) mass is 286 g/mol. The van der Waals surface area contributed by atoms with Crippen molar-refractivity contribution in [2.24, 2.45) is 0 Å². The number of hydrogen-bond donors (Lipinski definition) is 2. The number of aryl methyl sites for hydroxylation is 1. The topological polar surface area (TPSA) is 71.3 Å². The number of carbonyl (C=O) groups is 2. The summed E-state index contributed by atoms with van der Waals surface area (Å²) in [5.74, 6) is -1.48. The molecule has 0 saturated heterocycles. The maximum atomic E-state index is 12.2. The molecule has 0 aliphatic carbocycles. The van der Waals surface area contributed by atoms with Gasteiger partial charge in [0.05, 0.1) is 5.02 Å². The number of nitrogens with one attached hydrogen (secondary N) is 1. The fourth-order valence-electron chi connectivity index (χ4n) is 1.70. The largest absolute Gasteiger partial charge is 0.480 e. The predicted molar refractivity (Wildman–Crippen MR) is 73.5 cm³/mol. The van der Waals surface area contributed by atoms with Gasteiger partial charge in [-0.1, -0.05) is 25.4 Å². The average Bonchev–Trinajstić information content (AvgIpc) is 2.70. The van der Waals surface area contributed by atoms with E-state index in [1.165, 1.54) is 6.92 Å². The van der Waals surface area contributed by atoms with Crippen molar-refractivity contribution in [3.8, 4) is 0 Å². The second kappa shape index (κ2) is 6.10. The van der Waals surface area contributed by atoms with Crippen LogP contribution in [0.1, 0.15) is 44.1 Å². The maximum Gasteiger partial charge on any atom is 0.329 e. The van der Waals surface area contributed by atoms with Crippen LogP contribution in [0.2, 0.25) is 5.02 Å². The molecule has 0 aliphatic heterocycles. The lowest BCUT2D eigenvalue weighted by atomic mass is 9.99. The summed E-state index contributed by atoms with van der Waals surface area (Å²) in [7, 11) is 0. The smallest absolute Gasteiger partial charge is 0.329 e. The Morgan fingerprint density at radius 3 is 2.58 bits per heavy atom. The van der Waals surface area contributed by atoms with Gasteiger partial charge in [0, 0.05) is 12.7 Å². The fourth-order valence-corrected chi connectivity index (χ4v) is 1.92. The molecule has 5 nitrogen and oxygen atoms in total. The molecule has 0 radical (unpaired) electrons. The quantitative estimate of drug-likeness (QED) is 0.844. The Morgan fingerprint density at radius 2 is 2.11 bits per heavy atom. The molecule has 1 heterocycles. The average molecular weight is 287 g/mol. The van der Waals surface area contributed by atoms with Crippen LogP contribution in [0, 0.1) is 0 Å². The highest BCUT2D eigenvalue weighted by Crippen LogP contribution is 2.17. The fraction of sp³-hybridized carbons (Fsp3) is 0.538. The van der Waals surface area contributed by atoms with E-state index in [0.29, 0.717) is 23.7 Å². The second-order valence-corrected chi connectivity index (χ2v) is 5.12. The van der Waals surface area contributed by atoms with Gasteiger partial charge in [-0.25, -0.2) is 4.79 Å². The summed E-state index contributed by atoms with van der Waals surface area (Å²) >= 11 is 5.90. The lowest BCUT2D eigenvalue weighted by Crippen LogP contribution is -2.52. The summed E-state index contributed by atoms with van der Waals surface area (Å²) in [6, 6.07) is 1.55. The number of amides is 1. The van der Waals surface area contributed by atoms with Gasteiger partial charge >= 0.3 is 5.97 Å². The zero-order chi connectivity index (χ0) is 14.6. The zero-order valence-corrected chi connectivity index (χ0v) is 12.1. The third-order valence-corrected chi connectivity index (χ3v) is 3.34. The molecule has 19 heavy (non-hydrogen) atoms. The molecule has 0 bridgehead atoms. The Bertz CT molecular complexity index is 484. The van der Waals surface area contributed by atoms with E-state index in [2.05, 4.69) is 5.32 Å². The Labute approximate surface area is 117 Å². The van der Waals surface area contributed by atoms with Crippen LogP contribution in [0.4, 0.5) is 0 Å². The van der Waals surface area contributed by atoms with Gasteiger partial charge in [-0.3, -0.25) is 4.79 Å². The summed E-state index contributed by atoms with van der Waals surface area (Å²) in [6.07, 6.45) is 2.83. The number of halogens is 1. The Kier molecular flexibility index (Phi) is 5.00. The molecule has 1 aromatic rings. The van der Waals surface area contributed by atoms with Crippen molar-refractivity contribution in [1.82, 2.24) is 9.88 Å². The van der Waals surface area contributed by atoms with E-state index in [0.717, 1.165) is 6.42 Å². The first kappa shape index (κ1) is 15.6. The summed E-state index contributed by atoms with van der Waals surface area (Å²) in [6.45, 7) is 5.85. The lowest BCUT2D eigenvalue weighted by Gasteiger charge is -2.24. The SMILES string of the molecule is CCCn1cc(Cl)cc1C(=O)NC(C)(CC)C(=O)O. The van der Waals surface area contributed by atoms with Gasteiger partial charge < -0.3 is 15.0 Å². The van der Waals surface area contributed by atoms with Crippen molar-refractivity contribution in [1.29, 1.82) is 0 Å². The van der Waals surface area contributed by atoms with Crippen molar-refractivity contribution < 1.29 is 14.7 Å². The zero-order valence-electron chi connectivity index (χ0n) is 11.4. The summed E-state index contributed by atoms with van der Waals surface area (Å²) in [5.41, 5.74) is -0.891. The minimum absolute atomic E-state index is 0.302. The molecule has 1 rings (SSSR count). The molecular formula is C13H19ClN2O3. The van der Waals surface area contributed by atoms with Gasteiger partial charge in [-0.05, 0) is 25.8 Å². The van der Waals surface area contributed by atoms with E-state index >= 15 is 0 Å². The number of aromatic nitrogens is 1. The van der Waals surface area contributed by atoms with Gasteiger partial charge in [-0.15, -0.1) is 0 Å². The van der Waals surface area contributed by atoms with Crippen LogP contribution in [0.5, 0.6) is 0 Å². The third kappa shape index (κ3) is 3.50. The first-order valence-electron chi connectivity index (χ1n) is 6.25. The molecule has 0 saturated carbocycles. The normalized spacial score (nSPS) is 13.9. The minimum atomic E-state index is -1.27. The number of nitrogens with zero attached hydrogens (tertiary/aromatic N) is 1. The number of carbonyl (C=O) groups excluding carboxylic acids is 1. The van der Waals surface area contributed by atoms with Crippen LogP contribution < -0.4 is 5.32 Å². The standard InChI is InChI=1S/C13H19ClN2O3/c1-4-6-16-8-9(14)7-10(16)11(17)15-13(3,5-2)12(18)19/h7-8H,4-6H2,1-3H3,(H,15,17)(H,18,19). The van der Waals surface area contributed by atoms with Gasteiger partial charge in [0.1, 0.15) is 11.2 Å². The van der Waals surface area contributed by atoms with Crippen molar-refractivity contribution in [3.05, 3.63) is 23.0 Å². The Hall–Kier alpha value is -1.49. The predicted octanol–water partition coefficient (Wildman–Crippen LogP) is 2.53. The molecule has 6 heteroatoms. The molecule has 0 spiro atoms. The molecule has 1 unspecified atom stereocenters. The first-order valence-corrected chi connectivity index (χ1v) is 6.63. The molecule has 1 aromatic heterocycles. The number of rotatable bonds is 6. The minimum Gasteiger partial charge on any atom is -0.480 e. The Morgan fingerprint density at radius 1 is 1.47 bits per heavy atom. The van der Waals surface area contributed by atoms with Crippen molar-refractivity contribution in [2.45, 2.75) is 45.7 Å². The summed E-state index contributed by atoms with van der Waals surface area (Å²) < 4.78 is 1.73. The highest BCUT2D eigenvalue weighted by Gasteiger charge is 2.33. The Balaban J connectivity index is 2.98. The highest BCUT2D eigenvalue weighted by molar-refractivity contribution is 6.31. The molecule has 0 aliphatic rings. The molecule has 0 aromatic carbocycles. The van der Waals surface area contributed by atoms with Crippen LogP contribution >= 0.6 is 11.6 Å². The van der Waals surface area contributed by atoms with Crippen LogP contribution in [-0.2, 0) is 11.3 Å². The van der Waals surface area contributed by atoms with Gasteiger partial charge in [0.15, 0.2) is 0 Å². The van der Waals surface area contributed by atoms with E-state index in [-0.39, 0.29) is 0 Å². The molecule has 1 amide bonds. The maximum absolute atomic E-state index is 12.2. The molecule has 1 atom stereocenters.